The molecule has 7 nitrogen and oxygen atoms in total. The highest BCUT2D eigenvalue weighted by Gasteiger charge is 2.54. The van der Waals surface area contributed by atoms with Gasteiger partial charge in [0.15, 0.2) is 18.0 Å². The maximum atomic E-state index is 13.7. The molecule has 0 amide bonds. The monoisotopic (exact) mass is 407 g/mol. The van der Waals surface area contributed by atoms with Crippen molar-refractivity contribution in [3.63, 3.8) is 0 Å². The van der Waals surface area contributed by atoms with Crippen LogP contribution in [0.2, 0.25) is 0 Å². The third kappa shape index (κ3) is 3.56. The summed E-state index contributed by atoms with van der Waals surface area (Å²) in [6, 6.07) is 5.40. The topological polar surface area (TPSA) is 75.5 Å². The molecule has 3 heterocycles. The summed E-state index contributed by atoms with van der Waals surface area (Å²) in [5.41, 5.74) is 0.514. The smallest absolute Gasteiger partial charge is 0.461 e. The molecular weight excluding hydrogens is 384 g/mol. The number of aryl methyl sites for hydroxylation is 1. The summed E-state index contributed by atoms with van der Waals surface area (Å²) in [6.07, 6.45) is 0. The van der Waals surface area contributed by atoms with Crippen LogP contribution in [0.15, 0.2) is 18.2 Å². The lowest BCUT2D eigenvalue weighted by molar-refractivity contribution is 0.00578. The second-order valence-corrected chi connectivity index (χ2v) is 8.01. The van der Waals surface area contributed by atoms with Gasteiger partial charge in [-0.2, -0.15) is 9.19 Å². The molecule has 1 aliphatic rings. The Bertz CT molecular complexity index is 887. The second-order valence-electron chi connectivity index (χ2n) is 7.53. The van der Waals surface area contributed by atoms with Gasteiger partial charge < -0.3 is 14.0 Å². The standard InChI is InChI=1S/C18H23BFN3O4S/c1-7-25-16(24)15-13(19-26-17(3,4)18(5,6)27-19)14(22-23(15)28-20)12-10-8-9-11(2)21-12/h8-10H,7H2,1-6H3. The van der Waals surface area contributed by atoms with Crippen LogP contribution in [-0.2, 0) is 14.0 Å². The predicted molar refractivity (Wildman–Crippen MR) is 106 cm³/mol. The number of aromatic nitrogens is 3. The van der Waals surface area contributed by atoms with Crippen molar-refractivity contribution in [2.45, 2.75) is 52.7 Å². The average molecular weight is 407 g/mol. The van der Waals surface area contributed by atoms with E-state index in [9.17, 15) is 8.68 Å². The first-order chi connectivity index (χ1) is 13.1. The van der Waals surface area contributed by atoms with Gasteiger partial charge in [0.1, 0.15) is 5.69 Å². The number of nitrogens with zero attached hydrogens (tertiary/aromatic N) is 3. The minimum absolute atomic E-state index is 0.0637. The fourth-order valence-electron chi connectivity index (χ4n) is 2.90. The Kier molecular flexibility index (Phi) is 5.57. The summed E-state index contributed by atoms with van der Waals surface area (Å²) in [5.74, 6) is -0.705. The Hall–Kier alpha value is -1.91. The molecular formula is C18H23BFN3O4S. The first-order valence-corrected chi connectivity index (χ1v) is 9.67. The van der Waals surface area contributed by atoms with Gasteiger partial charge in [0.25, 0.3) is 0 Å². The molecule has 0 N–H and O–H groups in total. The highest BCUT2D eigenvalue weighted by atomic mass is 32.2. The quantitative estimate of drug-likeness (QED) is 0.557. The Morgan fingerprint density at radius 2 is 1.93 bits per heavy atom. The fourth-order valence-corrected chi connectivity index (χ4v) is 3.25. The van der Waals surface area contributed by atoms with E-state index in [4.69, 9.17) is 14.0 Å². The zero-order chi connectivity index (χ0) is 20.7. The van der Waals surface area contributed by atoms with Crippen LogP contribution in [0, 0.1) is 6.92 Å². The molecule has 2 aromatic heterocycles. The third-order valence-electron chi connectivity index (χ3n) is 5.05. The van der Waals surface area contributed by atoms with Crippen LogP contribution in [0.3, 0.4) is 0 Å². The highest BCUT2D eigenvalue weighted by molar-refractivity contribution is 7.92. The third-order valence-corrected chi connectivity index (χ3v) is 5.44. The van der Waals surface area contributed by atoms with E-state index in [0.717, 1.165) is 9.78 Å². The van der Waals surface area contributed by atoms with E-state index in [1.165, 1.54) is 0 Å². The van der Waals surface area contributed by atoms with Crippen LogP contribution < -0.4 is 5.46 Å². The van der Waals surface area contributed by atoms with Gasteiger partial charge in [-0.1, -0.05) is 6.07 Å². The summed E-state index contributed by atoms with van der Waals surface area (Å²) in [6.45, 7) is 11.3. The normalized spacial score (nSPS) is 17.8. The molecule has 0 bridgehead atoms. The second kappa shape index (κ2) is 7.49. The van der Waals surface area contributed by atoms with Gasteiger partial charge in [-0.05, 0) is 53.7 Å². The van der Waals surface area contributed by atoms with Crippen molar-refractivity contribution in [3.05, 3.63) is 29.6 Å². The van der Waals surface area contributed by atoms with Gasteiger partial charge in [0.2, 0.25) is 0 Å². The summed E-state index contributed by atoms with van der Waals surface area (Å²) < 4.78 is 31.9. The number of hydrogen-bond donors (Lipinski definition) is 0. The van der Waals surface area contributed by atoms with Gasteiger partial charge in [-0.15, -0.1) is 3.89 Å². The van der Waals surface area contributed by atoms with Crippen LogP contribution in [0.5, 0.6) is 0 Å². The predicted octanol–water partition coefficient (Wildman–Crippen LogP) is 3.11. The van der Waals surface area contributed by atoms with Crippen molar-refractivity contribution in [1.29, 1.82) is 0 Å². The molecule has 2 aromatic rings. The highest BCUT2D eigenvalue weighted by Crippen LogP contribution is 2.38. The molecule has 10 heteroatoms. The number of rotatable bonds is 5. The zero-order valence-corrected chi connectivity index (χ0v) is 17.6. The first kappa shape index (κ1) is 20.8. The maximum absolute atomic E-state index is 13.7. The van der Waals surface area contributed by atoms with E-state index >= 15 is 0 Å². The van der Waals surface area contributed by atoms with Crippen LogP contribution in [0.1, 0.15) is 50.8 Å². The van der Waals surface area contributed by atoms with Crippen molar-refractivity contribution in [2.75, 3.05) is 6.61 Å². The fraction of sp³-hybridized carbons (Fsp3) is 0.500. The van der Waals surface area contributed by atoms with Crippen LogP contribution >= 0.6 is 12.3 Å². The zero-order valence-electron chi connectivity index (χ0n) is 16.8. The van der Waals surface area contributed by atoms with Crippen LogP contribution in [0.4, 0.5) is 3.89 Å². The number of carbonyl (C=O) groups is 1. The van der Waals surface area contributed by atoms with E-state index in [1.807, 2.05) is 46.8 Å². The van der Waals surface area contributed by atoms with Crippen molar-refractivity contribution in [1.82, 2.24) is 14.2 Å². The average Bonchev–Trinajstić information content (AvgIpc) is 3.09. The minimum atomic E-state index is -0.928. The minimum Gasteiger partial charge on any atom is -0.461 e. The Balaban J connectivity index is 2.22. The van der Waals surface area contributed by atoms with Gasteiger partial charge in [0, 0.05) is 11.2 Å². The van der Waals surface area contributed by atoms with Crippen molar-refractivity contribution in [2.24, 2.45) is 0 Å². The van der Waals surface area contributed by atoms with Gasteiger partial charge in [-0.25, -0.2) is 4.79 Å². The molecule has 0 radical (unpaired) electrons. The van der Waals surface area contributed by atoms with Gasteiger partial charge in [-0.3, -0.25) is 4.98 Å². The maximum Gasteiger partial charge on any atom is 0.499 e. The van der Waals surface area contributed by atoms with Crippen molar-refractivity contribution < 1.29 is 22.7 Å². The Morgan fingerprint density at radius 3 is 2.46 bits per heavy atom. The molecule has 1 saturated heterocycles. The molecule has 28 heavy (non-hydrogen) atoms. The van der Waals surface area contributed by atoms with Gasteiger partial charge in [0.05, 0.1) is 23.5 Å². The lowest BCUT2D eigenvalue weighted by Crippen LogP contribution is -2.41. The summed E-state index contributed by atoms with van der Waals surface area (Å²) in [4.78, 5) is 17.1. The Labute approximate surface area is 168 Å². The summed E-state index contributed by atoms with van der Waals surface area (Å²) in [7, 11) is -0.928. The van der Waals surface area contributed by atoms with Crippen LogP contribution in [-0.4, -0.2) is 45.1 Å². The number of halogens is 1. The number of carbonyl (C=O) groups excluding carboxylic acids is 1. The molecule has 0 saturated carbocycles. The molecule has 150 valence electrons. The van der Waals surface area contributed by atoms with Crippen molar-refractivity contribution >= 4 is 30.9 Å². The SMILES string of the molecule is CCOC(=O)c1c(B2OC(C)(C)C(C)(C)O2)c(-c2cccc(C)n2)nn1SF. The van der Waals surface area contributed by atoms with E-state index in [0.29, 0.717) is 16.9 Å². The summed E-state index contributed by atoms with van der Waals surface area (Å²) in [5, 5.41) is 4.26. The molecule has 1 fully saturated rings. The van der Waals surface area contributed by atoms with E-state index < -0.39 is 24.3 Å². The summed E-state index contributed by atoms with van der Waals surface area (Å²) >= 11 is -0.192. The largest absolute Gasteiger partial charge is 0.499 e. The molecule has 0 aliphatic carbocycles. The number of pyridine rings is 1. The van der Waals surface area contributed by atoms with Gasteiger partial charge >= 0.3 is 13.1 Å². The Morgan fingerprint density at radius 1 is 1.29 bits per heavy atom. The van der Waals surface area contributed by atoms with Crippen molar-refractivity contribution in [3.8, 4) is 11.4 Å². The molecule has 3 rings (SSSR count). The molecule has 0 unspecified atom stereocenters. The molecule has 1 aliphatic heterocycles. The number of hydrogen-bond acceptors (Lipinski definition) is 7. The first-order valence-electron chi connectivity index (χ1n) is 9.00. The number of esters is 1. The van der Waals surface area contributed by atoms with E-state index in [2.05, 4.69) is 10.1 Å². The molecule has 0 aromatic carbocycles. The van der Waals surface area contributed by atoms with E-state index in [-0.39, 0.29) is 24.6 Å². The van der Waals surface area contributed by atoms with Crippen LogP contribution in [0.25, 0.3) is 11.4 Å². The molecule has 0 atom stereocenters. The van der Waals surface area contributed by atoms with E-state index in [1.54, 1.807) is 13.0 Å². The lowest BCUT2D eigenvalue weighted by Gasteiger charge is -2.32. The number of ether oxygens (including phenoxy) is 1. The molecule has 0 spiro atoms. The lowest BCUT2D eigenvalue weighted by atomic mass is 9.76.